The number of amides is 4. The van der Waals surface area contributed by atoms with Gasteiger partial charge in [0.2, 0.25) is 0 Å². The number of primary amides is 4. The number of ether oxygens (including phenoxy) is 3. The van der Waals surface area contributed by atoms with Crippen LogP contribution in [0.15, 0.2) is 79.9 Å². The largest absolute Gasteiger partial charge is 1.00 e. The summed E-state index contributed by atoms with van der Waals surface area (Å²) in [5, 5.41) is 113. The summed E-state index contributed by atoms with van der Waals surface area (Å²) in [5.41, 5.74) is 30.9. The first-order valence-corrected chi connectivity index (χ1v) is 61.1. The van der Waals surface area contributed by atoms with E-state index in [0.29, 0.717) is 121 Å². The van der Waals surface area contributed by atoms with E-state index in [1.54, 1.807) is 52.9 Å². The molecule has 9 heterocycles. The topological polar surface area (TPSA) is 659 Å². The van der Waals surface area contributed by atoms with E-state index in [-0.39, 0.29) is 127 Å². The van der Waals surface area contributed by atoms with Gasteiger partial charge in [-0.1, -0.05) is 133 Å². The zero-order chi connectivity index (χ0) is 106. The number of morpholine rings is 1. The molecule has 10 aromatic rings. The number of hydrogen-bond acceptors (Lipinski definition) is 40. The third-order valence-corrected chi connectivity index (χ3v) is 40.9. The molecule has 0 bridgehead atoms. The van der Waals surface area contributed by atoms with Crippen LogP contribution in [0.5, 0.6) is 0 Å². The minimum Gasteiger partial charge on any atom is -0.870 e. The maximum absolute atomic E-state index is 12.1. The smallest absolute Gasteiger partial charge is 0.870 e. The van der Waals surface area contributed by atoms with Crippen LogP contribution in [0, 0.1) is 99.5 Å². The average molecular weight is 2970 g/mol. The van der Waals surface area contributed by atoms with Crippen molar-refractivity contribution in [3.63, 3.8) is 0 Å². The normalized spacial score (nSPS) is 12.4. The number of nitrogens with two attached hydrogens (primary N) is 5. The number of aliphatic hydroxyl groups is 2. The molecule has 0 spiro atoms. The van der Waals surface area contributed by atoms with E-state index in [0.717, 1.165) is 91.1 Å². The Morgan fingerprint density at radius 2 is 0.887 bits per heavy atom. The summed E-state index contributed by atoms with van der Waals surface area (Å²) in [6.07, 6.45) is 11.2. The second kappa shape index (κ2) is 66.6. The molecule has 141 heavy (non-hydrogen) atoms. The molecule has 17 N–H and O–H groups in total. The molecule has 0 radical (unpaired) electrons. The maximum atomic E-state index is 12.1. The molecule has 34 nitrogen and oxygen atoms in total. The number of sulfone groups is 2. The van der Waals surface area contributed by atoms with Crippen LogP contribution in [0.25, 0.3) is 22.3 Å². The monoisotopic (exact) mass is 2970 g/mol. The maximum Gasteiger partial charge on any atom is 1.00 e. The summed E-state index contributed by atoms with van der Waals surface area (Å²) in [6.45, 7) is 4.06. The van der Waals surface area contributed by atoms with Crippen molar-refractivity contribution < 1.29 is 125 Å². The number of nitrogens with zero attached hydrogens (tertiary/aromatic N) is 8. The van der Waals surface area contributed by atoms with Crippen LogP contribution in [0.1, 0.15) is 119 Å². The number of nitrogens with one attached hydrogen (secondary N) is 1. The summed E-state index contributed by atoms with van der Waals surface area (Å²) >= 11 is 60.8. The van der Waals surface area contributed by atoms with Gasteiger partial charge in [0.15, 0.2) is 19.7 Å². The van der Waals surface area contributed by atoms with Gasteiger partial charge in [0, 0.05) is 103 Å². The van der Waals surface area contributed by atoms with Gasteiger partial charge in [-0.2, -0.15) is 36.8 Å². The van der Waals surface area contributed by atoms with Crippen LogP contribution in [0.3, 0.4) is 0 Å². The van der Waals surface area contributed by atoms with E-state index < -0.39 is 62.4 Å². The van der Waals surface area contributed by atoms with Crippen molar-refractivity contribution in [2.45, 2.75) is 44.2 Å². The van der Waals surface area contributed by atoms with Crippen LogP contribution in [0.2, 0.25) is 30.1 Å². The molecule has 12 rings (SSSR count). The third-order valence-electron chi connectivity index (χ3n) is 16.9. The number of rotatable bonds is 19. The second-order valence-electron chi connectivity index (χ2n) is 25.9. The van der Waals surface area contributed by atoms with Gasteiger partial charge >= 0.3 is 54.6 Å². The number of aromatic carboxylic acids is 1. The predicted molar refractivity (Wildman–Crippen MR) is 609 cm³/mol. The van der Waals surface area contributed by atoms with Crippen molar-refractivity contribution in [2.75, 3.05) is 111 Å². The number of carboxylic acids is 1. The average Bonchev–Trinajstić information content (AvgIpc) is 1.62. The molecule has 2 saturated heterocycles. The fourth-order valence-corrected chi connectivity index (χ4v) is 30.0. The number of anilines is 2. The van der Waals surface area contributed by atoms with Gasteiger partial charge in [-0.25, -0.2) is 31.2 Å². The number of carboxylic acid groups (broad SMARTS) is 1. The molecule has 4 amide bonds. The SMILES string of the molecule is COC(=O)c1sc(SC)c(C#N)c1I.COC(=O)c1sc(SC)c(C#N)c1N.CS(=O)(=O)c1sc(C(N)=O)c(-c2ccc(Cl)cc2Cl)c1C#N.CS(=O)(=O)c1sc(C(N)=O)c(I)c1C#N.CSc1sc(C(=O)O)c(I)c1C#N.CSc1sc(C(N)=O)c(I)c1C#N.ICI.N#Cc1c(N2CCCC(CO)C2)sc(C(N)=O)c1-c1ccc(Cl)cc1Cl.OB(O)c1ccc(Cl)cc1Cl.OCC1CNCCO1.[Na+].[OH-]. The number of thioether (sulfide) groups is 4. The molecule has 2 unspecified atom stereocenters. The first kappa shape index (κ1) is 135. The third kappa shape index (κ3) is 38.8. The van der Waals surface area contributed by atoms with Crippen LogP contribution < -0.4 is 73.9 Å². The molecule has 748 valence electrons. The Hall–Kier alpha value is -3.92. The number of nitrogen functional groups attached to an aromatic ring is 1. The molecule has 61 heteroatoms. The van der Waals surface area contributed by atoms with Crippen molar-refractivity contribution in [1.82, 2.24) is 5.32 Å². The minimum absolute atomic E-state index is 0. The molecule has 2 atom stereocenters. The van der Waals surface area contributed by atoms with E-state index in [1.165, 1.54) is 139 Å². The molecular formula is C80H72BCl6I6N14NaO20S13. The van der Waals surface area contributed by atoms with Crippen molar-refractivity contribution in [3.8, 4) is 64.7 Å². The van der Waals surface area contributed by atoms with Gasteiger partial charge < -0.3 is 83.9 Å². The summed E-state index contributed by atoms with van der Waals surface area (Å²) in [4.78, 5) is 82.7. The van der Waals surface area contributed by atoms with Gasteiger partial charge in [-0.05, 0) is 171 Å². The molecule has 2 aliphatic rings. The van der Waals surface area contributed by atoms with E-state index in [4.69, 9.17) is 150 Å². The standard InChI is InChI=1S/C18H17Cl2N3O2S.C13H8Cl2N2O3S2.C8H6INO2S2.C8H8N2O2S2.C7H5IN2O3S2.C7H5IN2OS2.C7H4INO2S2.C6H5BCl2O2.C5H11NO2.CH2I2.Na.H2O/c19-11-3-4-12(14(20)6-11)15-13(7-21)18(26-16(15)17(22)25)23-5-1-2-10(8-23)9-24;1-22(19,20)13-8(5-16)10(11(21-13)12(17)18)7-3-2-6(14)4-9(7)15;1-12-7(11)6-5(9)4(3-10)8(13-2)14-6;1-12-7(11)6-5(10)4(3-9)8(13-2)14-6;1-15(12,13)7-3(2-9)4(8)5(14-7)6(10)11;2*1-12-7-3(2-9)4(8)5(13-7)6(10)11;8-4-1-2-5(7(10)11)6(9)3-4;7-4-5-3-6-1-2-8-5;2-1-3;;/h3-4,6,10,24H,1-2,5,8-9H2,(H2,22,25);2-4H,1H3,(H2,17,18);1-2H3;10H2,1-2H3;1H3,(H2,10,11);1H3,(H2,10,11);1H3,(H,10,11);1-3,10-11H;5-7H,1-4H2;1H2;;1H2/q;;;;;;;;;;+1;/p-1. The van der Waals surface area contributed by atoms with E-state index in [1.807, 2.05) is 116 Å². The van der Waals surface area contributed by atoms with E-state index >= 15 is 0 Å². The molecule has 0 aliphatic carbocycles. The van der Waals surface area contributed by atoms with Crippen molar-refractivity contribution in [1.29, 1.82) is 36.8 Å². The Kier molecular flexibility index (Phi) is 63.8. The molecule has 2 aliphatic heterocycles. The quantitative estimate of drug-likeness (QED) is 0.0118. The van der Waals surface area contributed by atoms with Crippen LogP contribution in [0.4, 0.5) is 10.7 Å². The van der Waals surface area contributed by atoms with Crippen molar-refractivity contribution in [3.05, 3.63) is 172 Å². The summed E-state index contributed by atoms with van der Waals surface area (Å²) in [6, 6.07) is 27.8. The van der Waals surface area contributed by atoms with Gasteiger partial charge in [0.05, 0.1) is 106 Å². The van der Waals surface area contributed by atoms with Crippen LogP contribution in [-0.2, 0) is 33.9 Å². The minimum atomic E-state index is -3.69. The second-order valence-corrected chi connectivity index (χ2v) is 53.0. The number of methoxy groups -OCH3 is 2. The molecule has 7 aromatic heterocycles. The number of alkyl halides is 2. The first-order valence-electron chi connectivity index (χ1n) is 37.0. The van der Waals surface area contributed by atoms with Gasteiger partial charge in [0.1, 0.15) is 95.6 Å². The number of hydrogen-bond donors (Lipinski definition) is 11. The Morgan fingerprint density at radius 1 is 0.532 bits per heavy atom. The fraction of sp³-hybridized carbons (Fsp3) is 0.250. The van der Waals surface area contributed by atoms with E-state index in [2.05, 4.69) is 78.2 Å². The Morgan fingerprint density at radius 3 is 1.23 bits per heavy atom. The van der Waals surface area contributed by atoms with Gasteiger partial charge in [-0.15, -0.1) is 126 Å². The predicted octanol–water partition coefficient (Wildman–Crippen LogP) is 15.1. The number of nitriles is 7. The molecule has 2 fully saturated rings. The molecule has 0 saturated carbocycles. The Labute approximate surface area is 989 Å². The summed E-state index contributed by atoms with van der Waals surface area (Å²) < 4.78 is 66.8. The number of esters is 2. The zero-order valence-electron chi connectivity index (χ0n) is 73.7. The number of thiophene rings is 7. The zero-order valence-corrected chi connectivity index (χ0v) is 104. The van der Waals surface area contributed by atoms with Crippen LogP contribution >= 0.6 is 332 Å². The summed E-state index contributed by atoms with van der Waals surface area (Å²) in [5.74, 6) is -4.32. The number of halogens is 12. The van der Waals surface area contributed by atoms with E-state index in [9.17, 15) is 66.0 Å². The molecular weight excluding hydrogens is 2900 g/mol. The fourth-order valence-electron chi connectivity index (χ4n) is 10.8. The Balaban J connectivity index is 0.000000803. The Bertz CT molecular complexity index is 6590. The number of piperidine rings is 1. The number of carbonyl (C=O) groups excluding carboxylic acids is 6. The number of carbonyl (C=O) groups is 7. The number of aliphatic hydroxyl groups excluding tert-OH is 2. The van der Waals surface area contributed by atoms with Crippen molar-refractivity contribution >= 4 is 416 Å². The number of benzene rings is 3. The molecule has 3 aromatic carbocycles. The van der Waals surface area contributed by atoms with Gasteiger partial charge in [-0.3, -0.25) is 19.2 Å². The first-order chi connectivity index (χ1) is 65.4. The van der Waals surface area contributed by atoms with Crippen LogP contribution in [-0.4, -0.2) is 203 Å². The van der Waals surface area contributed by atoms with Crippen molar-refractivity contribution in [2.24, 2.45) is 28.9 Å². The van der Waals surface area contributed by atoms with Gasteiger partial charge in [0.25, 0.3) is 23.6 Å². The summed E-state index contributed by atoms with van der Waals surface area (Å²) in [7, 11) is -6.11.